The smallest absolute Gasteiger partial charge is 0.223 e. The second kappa shape index (κ2) is 8.88. The molecule has 2 saturated heterocycles. The maximum atomic E-state index is 13.8. The zero-order valence-corrected chi connectivity index (χ0v) is 17.1. The van der Waals surface area contributed by atoms with Crippen LogP contribution in [-0.2, 0) is 25.0 Å². The Bertz CT molecular complexity index is 785. The molecule has 2 heterocycles. The first-order valence-corrected chi connectivity index (χ1v) is 11.6. The molecule has 0 aromatic heterocycles. The van der Waals surface area contributed by atoms with Crippen molar-refractivity contribution in [1.29, 1.82) is 0 Å². The van der Waals surface area contributed by atoms with Crippen molar-refractivity contribution in [3.05, 3.63) is 35.6 Å². The van der Waals surface area contributed by atoms with Crippen LogP contribution in [0.3, 0.4) is 0 Å². The summed E-state index contributed by atoms with van der Waals surface area (Å²) in [6, 6.07) is 6.58. The Morgan fingerprint density at radius 2 is 1.96 bits per heavy atom. The van der Waals surface area contributed by atoms with Gasteiger partial charge < -0.3 is 10.1 Å². The molecule has 0 radical (unpaired) electrons. The van der Waals surface area contributed by atoms with Gasteiger partial charge >= 0.3 is 0 Å². The zero-order chi connectivity index (χ0) is 20.2. The van der Waals surface area contributed by atoms with E-state index in [0.29, 0.717) is 45.7 Å². The van der Waals surface area contributed by atoms with Gasteiger partial charge in [0.1, 0.15) is 5.82 Å². The standard InChI is InChI=1S/C20H29FN2O4S/c1-2-28(25,26)23-10-6-16(7-11-23)19(24)22-15-20(8-12-27-13-9-20)17-4-3-5-18(21)14-17/h3-5,14,16H,2,6-13,15H2,1H3,(H,22,24). The molecule has 8 heteroatoms. The van der Waals surface area contributed by atoms with E-state index in [2.05, 4.69) is 5.32 Å². The molecule has 2 aliphatic rings. The number of carbonyl (C=O) groups is 1. The largest absolute Gasteiger partial charge is 0.381 e. The van der Waals surface area contributed by atoms with Crippen LogP contribution in [-0.4, -0.2) is 57.2 Å². The molecule has 1 aromatic carbocycles. The Morgan fingerprint density at radius 3 is 2.57 bits per heavy atom. The van der Waals surface area contributed by atoms with Gasteiger partial charge in [-0.1, -0.05) is 12.1 Å². The van der Waals surface area contributed by atoms with Crippen LogP contribution < -0.4 is 5.32 Å². The second-order valence-corrected chi connectivity index (χ2v) is 9.95. The van der Waals surface area contributed by atoms with Gasteiger partial charge in [0.25, 0.3) is 0 Å². The van der Waals surface area contributed by atoms with Crippen molar-refractivity contribution < 1.29 is 22.3 Å². The van der Waals surface area contributed by atoms with Gasteiger partial charge in [0.05, 0.1) is 5.75 Å². The Morgan fingerprint density at radius 1 is 1.29 bits per heavy atom. The van der Waals surface area contributed by atoms with Crippen LogP contribution in [0.2, 0.25) is 0 Å². The van der Waals surface area contributed by atoms with Gasteiger partial charge in [0.2, 0.25) is 15.9 Å². The lowest BCUT2D eigenvalue weighted by atomic mass is 9.74. The van der Waals surface area contributed by atoms with Crippen LogP contribution in [0, 0.1) is 11.7 Å². The van der Waals surface area contributed by atoms with Gasteiger partial charge in [0.15, 0.2) is 0 Å². The highest BCUT2D eigenvalue weighted by Crippen LogP contribution is 2.35. The molecule has 1 aromatic rings. The molecule has 1 amide bonds. The Hall–Kier alpha value is -1.51. The maximum absolute atomic E-state index is 13.8. The summed E-state index contributed by atoms with van der Waals surface area (Å²) in [4.78, 5) is 12.7. The van der Waals surface area contributed by atoms with E-state index in [-0.39, 0.29) is 28.8 Å². The van der Waals surface area contributed by atoms with E-state index in [1.54, 1.807) is 19.1 Å². The number of ether oxygens (including phenoxy) is 1. The third-order valence-electron chi connectivity index (χ3n) is 6.07. The number of amides is 1. The summed E-state index contributed by atoms with van der Waals surface area (Å²) in [6.07, 6.45) is 2.51. The number of benzene rings is 1. The average Bonchev–Trinajstić information content (AvgIpc) is 2.73. The summed E-state index contributed by atoms with van der Waals surface area (Å²) in [6.45, 7) is 4.01. The first kappa shape index (κ1) is 21.2. The van der Waals surface area contributed by atoms with Gasteiger partial charge in [-0.25, -0.2) is 17.1 Å². The molecule has 2 aliphatic heterocycles. The van der Waals surface area contributed by atoms with Crippen molar-refractivity contribution in [2.75, 3.05) is 38.6 Å². The lowest BCUT2D eigenvalue weighted by Crippen LogP contribution is -2.48. The van der Waals surface area contributed by atoms with Gasteiger partial charge in [-0.15, -0.1) is 0 Å². The van der Waals surface area contributed by atoms with Gasteiger partial charge in [-0.3, -0.25) is 4.79 Å². The summed E-state index contributed by atoms with van der Waals surface area (Å²) < 4.78 is 44.7. The van der Waals surface area contributed by atoms with Crippen molar-refractivity contribution in [2.24, 2.45) is 5.92 Å². The molecule has 0 aliphatic carbocycles. The van der Waals surface area contributed by atoms with Crippen LogP contribution in [0.1, 0.15) is 38.2 Å². The molecule has 0 bridgehead atoms. The molecule has 156 valence electrons. The molecule has 3 rings (SSSR count). The van der Waals surface area contributed by atoms with Gasteiger partial charge in [-0.05, 0) is 50.3 Å². The summed E-state index contributed by atoms with van der Waals surface area (Å²) in [5.41, 5.74) is 0.558. The molecular weight excluding hydrogens is 383 g/mol. The first-order chi connectivity index (χ1) is 13.4. The van der Waals surface area contributed by atoms with Crippen molar-refractivity contribution in [2.45, 2.75) is 38.0 Å². The fraction of sp³-hybridized carbons (Fsp3) is 0.650. The molecule has 28 heavy (non-hydrogen) atoms. The summed E-state index contributed by atoms with van der Waals surface area (Å²) in [7, 11) is -3.20. The summed E-state index contributed by atoms with van der Waals surface area (Å²) in [5.74, 6) is -0.426. The number of halogens is 1. The molecule has 6 nitrogen and oxygen atoms in total. The average molecular weight is 413 g/mol. The van der Waals surface area contributed by atoms with Crippen molar-refractivity contribution in [3.8, 4) is 0 Å². The third-order valence-corrected chi connectivity index (χ3v) is 7.95. The number of hydrogen-bond acceptors (Lipinski definition) is 4. The molecule has 0 atom stereocenters. The number of piperidine rings is 1. The number of rotatable bonds is 6. The summed E-state index contributed by atoms with van der Waals surface area (Å²) in [5, 5.41) is 3.06. The molecule has 0 saturated carbocycles. The van der Waals surface area contributed by atoms with E-state index in [0.717, 1.165) is 18.4 Å². The number of nitrogens with one attached hydrogen (secondary N) is 1. The summed E-state index contributed by atoms with van der Waals surface area (Å²) >= 11 is 0. The number of sulfonamides is 1. The molecule has 0 unspecified atom stereocenters. The van der Waals surface area contributed by atoms with E-state index < -0.39 is 10.0 Å². The van der Waals surface area contributed by atoms with Gasteiger partial charge in [-0.2, -0.15) is 0 Å². The lowest BCUT2D eigenvalue weighted by molar-refractivity contribution is -0.126. The van der Waals surface area contributed by atoms with E-state index in [1.807, 2.05) is 6.07 Å². The Kier molecular flexibility index (Phi) is 6.73. The Balaban J connectivity index is 1.62. The van der Waals surface area contributed by atoms with Crippen LogP contribution in [0.25, 0.3) is 0 Å². The van der Waals surface area contributed by atoms with Crippen molar-refractivity contribution >= 4 is 15.9 Å². The predicted molar refractivity (Wildman–Crippen MR) is 105 cm³/mol. The van der Waals surface area contributed by atoms with E-state index in [4.69, 9.17) is 4.74 Å². The molecular formula is C20H29FN2O4S. The first-order valence-electron chi connectivity index (χ1n) is 9.96. The third kappa shape index (κ3) is 4.72. The van der Waals surface area contributed by atoms with Crippen molar-refractivity contribution in [3.63, 3.8) is 0 Å². The SMILES string of the molecule is CCS(=O)(=O)N1CCC(C(=O)NCC2(c3cccc(F)c3)CCOCC2)CC1. The highest BCUT2D eigenvalue weighted by molar-refractivity contribution is 7.89. The Labute approximate surface area is 166 Å². The van der Waals surface area contributed by atoms with Crippen LogP contribution >= 0.6 is 0 Å². The quantitative estimate of drug-likeness (QED) is 0.776. The molecule has 2 fully saturated rings. The van der Waals surface area contributed by atoms with Crippen LogP contribution in [0.15, 0.2) is 24.3 Å². The van der Waals surface area contributed by atoms with E-state index in [1.165, 1.54) is 10.4 Å². The molecule has 0 spiro atoms. The fourth-order valence-corrected chi connectivity index (χ4v) is 5.26. The maximum Gasteiger partial charge on any atom is 0.223 e. The molecule has 1 N–H and O–H groups in total. The zero-order valence-electron chi connectivity index (χ0n) is 16.3. The second-order valence-electron chi connectivity index (χ2n) is 7.69. The van der Waals surface area contributed by atoms with Gasteiger partial charge in [0, 0.05) is 44.2 Å². The van der Waals surface area contributed by atoms with Crippen LogP contribution in [0.5, 0.6) is 0 Å². The minimum atomic E-state index is -3.20. The highest BCUT2D eigenvalue weighted by atomic mass is 32.2. The minimum absolute atomic E-state index is 0.0455. The number of carbonyl (C=O) groups excluding carboxylic acids is 1. The number of nitrogens with zero attached hydrogens (tertiary/aromatic N) is 1. The fourth-order valence-electron chi connectivity index (χ4n) is 4.13. The van der Waals surface area contributed by atoms with Crippen molar-refractivity contribution in [1.82, 2.24) is 9.62 Å². The normalized spacial score (nSPS) is 21.4. The van der Waals surface area contributed by atoms with E-state index in [9.17, 15) is 17.6 Å². The predicted octanol–water partition coefficient (Wildman–Crippen LogP) is 2.05. The lowest BCUT2D eigenvalue weighted by Gasteiger charge is -2.38. The minimum Gasteiger partial charge on any atom is -0.381 e. The topological polar surface area (TPSA) is 75.7 Å². The van der Waals surface area contributed by atoms with E-state index >= 15 is 0 Å². The van der Waals surface area contributed by atoms with Crippen LogP contribution in [0.4, 0.5) is 4.39 Å². The monoisotopic (exact) mass is 412 g/mol. The number of hydrogen-bond donors (Lipinski definition) is 1. The highest BCUT2D eigenvalue weighted by Gasteiger charge is 2.36.